The number of carbonyl (C=O) groups excluding carboxylic acids is 1. The SMILES string of the molecule is CC(=O)c1cnc2cc(C)c(-c3cc(Cl)c(O)c(Cl)c3)cc2c1Nc1ccc(N2CCN(C)CC2)nc1.Cl. The fraction of sp³-hybridized carbons (Fsp3) is 0.250. The van der Waals surface area contributed by atoms with Crippen LogP contribution in [0.25, 0.3) is 22.0 Å². The zero-order valence-electron chi connectivity index (χ0n) is 21.3. The third-order valence-electron chi connectivity index (χ3n) is 6.77. The van der Waals surface area contributed by atoms with E-state index in [1.54, 1.807) is 24.5 Å². The average Bonchev–Trinajstić information content (AvgIpc) is 2.87. The third kappa shape index (κ3) is 5.52. The molecule has 1 fully saturated rings. The maximum Gasteiger partial charge on any atom is 0.163 e. The van der Waals surface area contributed by atoms with Gasteiger partial charge in [-0.1, -0.05) is 23.2 Å². The van der Waals surface area contributed by atoms with Gasteiger partial charge in [-0.2, -0.15) is 0 Å². The molecule has 0 radical (unpaired) electrons. The van der Waals surface area contributed by atoms with E-state index < -0.39 is 0 Å². The second-order valence-electron chi connectivity index (χ2n) is 9.40. The lowest BCUT2D eigenvalue weighted by Crippen LogP contribution is -2.44. The topological polar surface area (TPSA) is 81.6 Å². The Kier molecular flexibility index (Phi) is 8.33. The number of ketones is 1. The van der Waals surface area contributed by atoms with Crippen LogP contribution in [0.1, 0.15) is 22.8 Å². The number of hydrogen-bond acceptors (Lipinski definition) is 7. The summed E-state index contributed by atoms with van der Waals surface area (Å²) in [6.07, 6.45) is 3.39. The smallest absolute Gasteiger partial charge is 0.163 e. The minimum absolute atomic E-state index is 0. The number of anilines is 3. The molecule has 3 heterocycles. The second-order valence-corrected chi connectivity index (χ2v) is 10.2. The highest BCUT2D eigenvalue weighted by Gasteiger charge is 2.18. The number of hydrogen-bond donors (Lipinski definition) is 2. The van der Waals surface area contributed by atoms with Crippen LogP contribution in [0.2, 0.25) is 10.0 Å². The molecule has 0 atom stereocenters. The molecule has 0 spiro atoms. The predicted molar refractivity (Wildman–Crippen MR) is 158 cm³/mol. The maximum atomic E-state index is 12.6. The molecule has 7 nitrogen and oxygen atoms in total. The van der Waals surface area contributed by atoms with Gasteiger partial charge in [0.1, 0.15) is 5.82 Å². The van der Waals surface area contributed by atoms with Gasteiger partial charge < -0.3 is 20.2 Å². The Bertz CT molecular complexity index is 1480. The van der Waals surface area contributed by atoms with Gasteiger partial charge in [0, 0.05) is 37.8 Å². The van der Waals surface area contributed by atoms with Gasteiger partial charge in [-0.25, -0.2) is 4.98 Å². The van der Waals surface area contributed by atoms with E-state index in [4.69, 9.17) is 23.2 Å². The highest BCUT2D eigenvalue weighted by atomic mass is 35.5. The van der Waals surface area contributed by atoms with Gasteiger partial charge in [0.2, 0.25) is 0 Å². The number of benzene rings is 2. The molecular formula is C28H28Cl3N5O2. The van der Waals surface area contributed by atoms with Gasteiger partial charge in [-0.05, 0) is 74.0 Å². The lowest BCUT2D eigenvalue weighted by molar-refractivity contribution is 0.101. The largest absolute Gasteiger partial charge is 0.505 e. The summed E-state index contributed by atoms with van der Waals surface area (Å²) < 4.78 is 0. The fourth-order valence-corrected chi connectivity index (χ4v) is 5.09. The molecule has 2 aromatic carbocycles. The molecule has 198 valence electrons. The van der Waals surface area contributed by atoms with E-state index in [-0.39, 0.29) is 34.0 Å². The van der Waals surface area contributed by atoms with Crippen molar-refractivity contribution < 1.29 is 9.90 Å². The molecule has 1 aliphatic rings. The minimum atomic E-state index is -0.152. The summed E-state index contributed by atoms with van der Waals surface area (Å²) in [6, 6.07) is 11.3. The summed E-state index contributed by atoms with van der Waals surface area (Å²) in [4.78, 5) is 26.4. The Morgan fingerprint density at radius 2 is 1.68 bits per heavy atom. The standard InChI is InChI=1S/C28H27Cl2N5O2.ClH/c1-16-10-25-21(13-20(16)18-11-23(29)28(37)24(30)12-18)27(22(15-31-25)17(2)36)33-19-4-5-26(32-14-19)35-8-6-34(3)7-9-35;/h4-5,10-15,37H,6-9H2,1-3H3,(H,31,33);1H. The van der Waals surface area contributed by atoms with Gasteiger partial charge in [0.15, 0.2) is 11.5 Å². The summed E-state index contributed by atoms with van der Waals surface area (Å²) in [5.41, 5.74) is 5.22. The van der Waals surface area contributed by atoms with Crippen molar-refractivity contribution in [3.63, 3.8) is 0 Å². The van der Waals surface area contributed by atoms with E-state index in [9.17, 15) is 9.90 Å². The zero-order chi connectivity index (χ0) is 26.3. The summed E-state index contributed by atoms with van der Waals surface area (Å²) >= 11 is 12.4. The van der Waals surface area contributed by atoms with E-state index in [1.165, 1.54) is 6.92 Å². The molecule has 0 unspecified atom stereocenters. The number of carbonyl (C=O) groups is 1. The Labute approximate surface area is 237 Å². The fourth-order valence-electron chi connectivity index (χ4n) is 4.60. The molecule has 0 bridgehead atoms. The van der Waals surface area contributed by atoms with E-state index >= 15 is 0 Å². The van der Waals surface area contributed by atoms with Crippen LogP contribution in [0, 0.1) is 6.92 Å². The minimum Gasteiger partial charge on any atom is -0.505 e. The number of halogens is 3. The number of phenolic OH excluding ortho intramolecular Hbond substituents is 1. The molecule has 1 saturated heterocycles. The Morgan fingerprint density at radius 3 is 2.29 bits per heavy atom. The highest BCUT2D eigenvalue weighted by Crippen LogP contribution is 2.40. The molecule has 10 heteroatoms. The summed E-state index contributed by atoms with van der Waals surface area (Å²) in [6.45, 7) is 7.38. The average molecular weight is 573 g/mol. The van der Waals surface area contributed by atoms with E-state index in [1.807, 2.05) is 31.2 Å². The number of aryl methyl sites for hydroxylation is 1. The van der Waals surface area contributed by atoms with E-state index in [0.29, 0.717) is 11.3 Å². The van der Waals surface area contributed by atoms with Crippen molar-refractivity contribution in [3.8, 4) is 16.9 Å². The molecule has 0 saturated carbocycles. The number of phenols is 1. The quantitative estimate of drug-likeness (QED) is 0.256. The van der Waals surface area contributed by atoms with Crippen molar-refractivity contribution in [2.75, 3.05) is 43.4 Å². The number of Topliss-reactive ketones (excluding diaryl/α,β-unsaturated/α-hetero) is 1. The third-order valence-corrected chi connectivity index (χ3v) is 7.34. The number of fused-ring (bicyclic) bond motifs is 1. The van der Waals surface area contributed by atoms with Gasteiger partial charge in [-0.3, -0.25) is 9.78 Å². The van der Waals surface area contributed by atoms with Crippen LogP contribution in [-0.2, 0) is 0 Å². The first-order chi connectivity index (χ1) is 17.7. The Hall–Kier alpha value is -3.10. The monoisotopic (exact) mass is 571 g/mol. The summed E-state index contributed by atoms with van der Waals surface area (Å²) in [5.74, 6) is 0.682. The van der Waals surface area contributed by atoms with Gasteiger partial charge in [-0.15, -0.1) is 12.4 Å². The van der Waals surface area contributed by atoms with E-state index in [0.717, 1.165) is 65.3 Å². The first kappa shape index (κ1) is 27.9. The van der Waals surface area contributed by atoms with Crippen molar-refractivity contribution in [1.29, 1.82) is 0 Å². The number of nitrogens with zero attached hydrogens (tertiary/aromatic N) is 4. The van der Waals surface area contributed by atoms with E-state index in [2.05, 4.69) is 32.1 Å². The molecule has 1 aliphatic heterocycles. The van der Waals surface area contributed by atoms with Gasteiger partial charge in [0.05, 0.1) is 38.7 Å². The Balaban J connectivity index is 0.00000336. The number of pyridine rings is 2. The summed E-state index contributed by atoms with van der Waals surface area (Å²) in [5, 5.41) is 14.5. The maximum absolute atomic E-state index is 12.6. The Morgan fingerprint density at radius 1 is 1.00 bits per heavy atom. The highest BCUT2D eigenvalue weighted by molar-refractivity contribution is 6.37. The number of rotatable bonds is 5. The number of nitrogens with one attached hydrogen (secondary N) is 1. The molecule has 2 N–H and O–H groups in total. The molecule has 0 amide bonds. The zero-order valence-corrected chi connectivity index (χ0v) is 23.6. The molecule has 0 aliphatic carbocycles. The van der Waals surface area contributed by atoms with Gasteiger partial charge >= 0.3 is 0 Å². The second kappa shape index (κ2) is 11.3. The van der Waals surface area contributed by atoms with Crippen LogP contribution in [0.5, 0.6) is 5.75 Å². The number of piperazine rings is 1. The molecule has 38 heavy (non-hydrogen) atoms. The first-order valence-electron chi connectivity index (χ1n) is 12.0. The number of aromatic nitrogens is 2. The van der Waals surface area contributed by atoms with Gasteiger partial charge in [0.25, 0.3) is 0 Å². The molecular weight excluding hydrogens is 545 g/mol. The summed E-state index contributed by atoms with van der Waals surface area (Å²) in [7, 11) is 2.13. The number of aromatic hydroxyl groups is 1. The number of likely N-dealkylation sites (N-methyl/N-ethyl adjacent to an activating group) is 1. The van der Waals surface area contributed by atoms with Crippen molar-refractivity contribution >= 4 is 69.5 Å². The lowest BCUT2D eigenvalue weighted by Gasteiger charge is -2.33. The van der Waals surface area contributed by atoms with Crippen LogP contribution in [0.15, 0.2) is 48.8 Å². The van der Waals surface area contributed by atoms with Crippen LogP contribution in [0.3, 0.4) is 0 Å². The van der Waals surface area contributed by atoms with Crippen molar-refractivity contribution in [2.24, 2.45) is 0 Å². The molecule has 4 aromatic rings. The van der Waals surface area contributed by atoms with Crippen molar-refractivity contribution in [1.82, 2.24) is 14.9 Å². The normalized spacial score (nSPS) is 13.9. The first-order valence-corrected chi connectivity index (χ1v) is 12.8. The lowest BCUT2D eigenvalue weighted by atomic mass is 9.96. The predicted octanol–water partition coefficient (Wildman–Crippen LogP) is 6.74. The van der Waals surface area contributed by atoms with Crippen LogP contribution < -0.4 is 10.2 Å². The molecule has 5 rings (SSSR count). The van der Waals surface area contributed by atoms with Crippen molar-refractivity contribution in [3.05, 3.63) is 70.0 Å². The van der Waals surface area contributed by atoms with Crippen LogP contribution in [-0.4, -0.2) is 59.0 Å². The van der Waals surface area contributed by atoms with Crippen molar-refractivity contribution in [2.45, 2.75) is 13.8 Å². The van der Waals surface area contributed by atoms with Crippen LogP contribution >= 0.6 is 35.6 Å². The molecule has 2 aromatic heterocycles. The van der Waals surface area contributed by atoms with Crippen LogP contribution in [0.4, 0.5) is 17.2 Å².